The summed E-state index contributed by atoms with van der Waals surface area (Å²) in [4.78, 5) is 16.3. The van der Waals surface area contributed by atoms with Gasteiger partial charge in [0, 0.05) is 4.90 Å². The molecule has 152 valence electrons. The van der Waals surface area contributed by atoms with Crippen LogP contribution in [0.5, 0.6) is 17.2 Å². The summed E-state index contributed by atoms with van der Waals surface area (Å²) < 4.78 is 17.2. The third kappa shape index (κ3) is 3.71. The fourth-order valence-corrected chi connectivity index (χ4v) is 4.53. The van der Waals surface area contributed by atoms with Gasteiger partial charge in [-0.1, -0.05) is 42.5 Å². The summed E-state index contributed by atoms with van der Waals surface area (Å²) in [6.45, 7) is 1.54. The molecule has 2 heterocycles. The van der Waals surface area contributed by atoms with Gasteiger partial charge >= 0.3 is 0 Å². The Morgan fingerprint density at radius 3 is 2.50 bits per heavy atom. The van der Waals surface area contributed by atoms with Gasteiger partial charge in [0.2, 0.25) is 5.91 Å². The minimum Gasteiger partial charge on any atom is -0.489 e. The number of hydrogen-bond donors (Lipinski definition) is 0. The van der Waals surface area contributed by atoms with Gasteiger partial charge in [0.1, 0.15) is 25.6 Å². The molecule has 2 aliphatic rings. The number of amides is 1. The number of rotatable bonds is 4. The fraction of sp³-hybridized carbons (Fsp3) is 0.208. The lowest BCUT2D eigenvalue weighted by molar-refractivity contribution is -0.117. The highest BCUT2D eigenvalue weighted by Gasteiger charge is 2.33. The van der Waals surface area contributed by atoms with Gasteiger partial charge < -0.3 is 14.2 Å². The van der Waals surface area contributed by atoms with Gasteiger partial charge in [0.15, 0.2) is 11.5 Å². The van der Waals surface area contributed by atoms with Crippen molar-refractivity contribution in [3.05, 3.63) is 78.4 Å². The standard InChI is InChI=1S/C24H21NO4S/c26-24(16-30-18-10-11-22-23(14-18)28-13-12-27-22)25-19-8-4-5-9-21(19)29-15-20(25)17-6-2-1-3-7-17/h1-11,14,20H,12-13,15-16H2/t20-/m0/s1. The molecule has 0 radical (unpaired) electrons. The van der Waals surface area contributed by atoms with Crippen LogP contribution in [-0.4, -0.2) is 31.5 Å². The molecular formula is C24H21NO4S. The smallest absolute Gasteiger partial charge is 0.238 e. The van der Waals surface area contributed by atoms with E-state index in [0.717, 1.165) is 33.4 Å². The molecule has 3 aromatic carbocycles. The number of para-hydroxylation sites is 2. The van der Waals surface area contributed by atoms with Crippen LogP contribution in [0.15, 0.2) is 77.7 Å². The first-order valence-corrected chi connectivity index (χ1v) is 10.9. The number of anilines is 1. The summed E-state index contributed by atoms with van der Waals surface area (Å²) in [6, 6.07) is 23.4. The van der Waals surface area contributed by atoms with Crippen molar-refractivity contribution in [3.8, 4) is 17.2 Å². The summed E-state index contributed by atoms with van der Waals surface area (Å²) in [5, 5.41) is 0. The highest BCUT2D eigenvalue weighted by molar-refractivity contribution is 8.00. The van der Waals surface area contributed by atoms with Crippen LogP contribution in [0.3, 0.4) is 0 Å². The molecule has 5 rings (SSSR count). The molecule has 5 nitrogen and oxygen atoms in total. The van der Waals surface area contributed by atoms with Crippen LogP contribution < -0.4 is 19.1 Å². The zero-order valence-corrected chi connectivity index (χ0v) is 17.1. The third-order valence-electron chi connectivity index (χ3n) is 5.16. The number of fused-ring (bicyclic) bond motifs is 2. The first-order valence-electron chi connectivity index (χ1n) is 9.91. The molecule has 30 heavy (non-hydrogen) atoms. The van der Waals surface area contributed by atoms with Crippen LogP contribution in [0.4, 0.5) is 5.69 Å². The van der Waals surface area contributed by atoms with Crippen molar-refractivity contribution < 1.29 is 19.0 Å². The Labute approximate surface area is 179 Å². The Morgan fingerprint density at radius 2 is 1.63 bits per heavy atom. The van der Waals surface area contributed by atoms with Crippen molar-refractivity contribution in [2.24, 2.45) is 0 Å². The van der Waals surface area contributed by atoms with E-state index in [1.54, 1.807) is 0 Å². The molecule has 0 saturated carbocycles. The summed E-state index contributed by atoms with van der Waals surface area (Å²) in [6.07, 6.45) is 0. The molecule has 0 spiro atoms. The molecule has 6 heteroatoms. The van der Waals surface area contributed by atoms with Crippen LogP contribution in [0, 0.1) is 0 Å². The molecule has 1 amide bonds. The summed E-state index contributed by atoms with van der Waals surface area (Å²) >= 11 is 1.50. The van der Waals surface area contributed by atoms with E-state index in [2.05, 4.69) is 0 Å². The van der Waals surface area contributed by atoms with Crippen LogP contribution in [0.1, 0.15) is 11.6 Å². The molecule has 3 aromatic rings. The van der Waals surface area contributed by atoms with Crippen molar-refractivity contribution in [2.75, 3.05) is 30.5 Å². The maximum atomic E-state index is 13.4. The molecule has 1 atom stereocenters. The van der Waals surface area contributed by atoms with E-state index in [9.17, 15) is 4.79 Å². The second-order valence-corrected chi connectivity index (χ2v) is 8.11. The normalized spacial score (nSPS) is 17.1. The molecule has 0 aliphatic carbocycles. The number of benzene rings is 3. The molecule has 0 N–H and O–H groups in total. The van der Waals surface area contributed by atoms with Gasteiger partial charge in [-0.2, -0.15) is 0 Å². The Hall–Kier alpha value is -3.12. The number of nitrogens with zero attached hydrogens (tertiary/aromatic N) is 1. The van der Waals surface area contributed by atoms with E-state index in [-0.39, 0.29) is 11.9 Å². The van der Waals surface area contributed by atoms with Crippen molar-refractivity contribution in [1.29, 1.82) is 0 Å². The van der Waals surface area contributed by atoms with Crippen molar-refractivity contribution >= 4 is 23.4 Å². The van der Waals surface area contributed by atoms with E-state index in [0.29, 0.717) is 25.6 Å². The molecule has 0 aromatic heterocycles. The van der Waals surface area contributed by atoms with Gasteiger partial charge in [0.05, 0.1) is 17.5 Å². The van der Waals surface area contributed by atoms with Gasteiger partial charge in [-0.25, -0.2) is 0 Å². The van der Waals surface area contributed by atoms with Gasteiger partial charge in [-0.05, 0) is 35.9 Å². The number of thioether (sulfide) groups is 1. The molecule has 0 unspecified atom stereocenters. The minimum atomic E-state index is -0.158. The summed E-state index contributed by atoms with van der Waals surface area (Å²) in [5.41, 5.74) is 1.87. The average Bonchev–Trinajstić information content (AvgIpc) is 2.82. The molecular weight excluding hydrogens is 398 g/mol. The Balaban J connectivity index is 1.39. The summed E-state index contributed by atoms with van der Waals surface area (Å²) in [5.74, 6) is 2.58. The number of carbonyl (C=O) groups excluding carboxylic acids is 1. The first kappa shape index (κ1) is 18.9. The maximum absolute atomic E-state index is 13.4. The van der Waals surface area contributed by atoms with E-state index in [1.165, 1.54) is 11.8 Å². The van der Waals surface area contributed by atoms with Crippen molar-refractivity contribution in [3.63, 3.8) is 0 Å². The first-order chi connectivity index (χ1) is 14.8. The van der Waals surface area contributed by atoms with Crippen LogP contribution >= 0.6 is 11.8 Å². The fourth-order valence-electron chi connectivity index (χ4n) is 3.75. The van der Waals surface area contributed by atoms with Gasteiger partial charge in [0.25, 0.3) is 0 Å². The molecule has 0 bridgehead atoms. The lowest BCUT2D eigenvalue weighted by Gasteiger charge is -2.37. The number of hydrogen-bond acceptors (Lipinski definition) is 5. The largest absolute Gasteiger partial charge is 0.489 e. The van der Waals surface area contributed by atoms with Crippen molar-refractivity contribution in [2.45, 2.75) is 10.9 Å². The predicted octanol–water partition coefficient (Wildman–Crippen LogP) is 4.72. The van der Waals surface area contributed by atoms with Gasteiger partial charge in [-0.15, -0.1) is 11.8 Å². The Morgan fingerprint density at radius 1 is 0.867 bits per heavy atom. The quantitative estimate of drug-likeness (QED) is 0.573. The Bertz CT molecular complexity index is 1060. The van der Waals surface area contributed by atoms with Crippen molar-refractivity contribution in [1.82, 2.24) is 0 Å². The monoisotopic (exact) mass is 419 g/mol. The lowest BCUT2D eigenvalue weighted by Crippen LogP contribution is -2.42. The van der Waals surface area contributed by atoms with Crippen LogP contribution in [0.25, 0.3) is 0 Å². The maximum Gasteiger partial charge on any atom is 0.238 e. The SMILES string of the molecule is O=C(CSc1ccc2c(c1)OCCO2)N1c2ccccc2OC[C@H]1c1ccccc1. The van der Waals surface area contributed by atoms with Crippen LogP contribution in [0.2, 0.25) is 0 Å². The second-order valence-electron chi connectivity index (χ2n) is 7.06. The molecule has 0 fully saturated rings. The summed E-state index contributed by atoms with van der Waals surface area (Å²) in [7, 11) is 0. The van der Waals surface area contributed by atoms with E-state index in [1.807, 2.05) is 77.7 Å². The molecule has 2 aliphatic heterocycles. The van der Waals surface area contributed by atoms with E-state index in [4.69, 9.17) is 14.2 Å². The van der Waals surface area contributed by atoms with Gasteiger partial charge in [-0.3, -0.25) is 9.69 Å². The average molecular weight is 420 g/mol. The van der Waals surface area contributed by atoms with E-state index < -0.39 is 0 Å². The predicted molar refractivity (Wildman–Crippen MR) is 117 cm³/mol. The minimum absolute atomic E-state index is 0.0412. The highest BCUT2D eigenvalue weighted by atomic mass is 32.2. The van der Waals surface area contributed by atoms with E-state index >= 15 is 0 Å². The van der Waals surface area contributed by atoms with Crippen LogP contribution in [-0.2, 0) is 4.79 Å². The lowest BCUT2D eigenvalue weighted by atomic mass is 10.0. The zero-order chi connectivity index (χ0) is 20.3. The number of carbonyl (C=O) groups is 1. The Kier molecular flexibility index (Phi) is 5.24. The topological polar surface area (TPSA) is 48.0 Å². The number of ether oxygens (including phenoxy) is 3. The zero-order valence-electron chi connectivity index (χ0n) is 16.3. The second kappa shape index (κ2) is 8.32. The highest BCUT2D eigenvalue weighted by Crippen LogP contribution is 2.40. The molecule has 0 saturated heterocycles. The third-order valence-corrected chi connectivity index (χ3v) is 6.14.